The first-order valence-electron chi connectivity index (χ1n) is 5.79. The maximum Gasteiger partial charge on any atom is 0.158 e. The summed E-state index contributed by atoms with van der Waals surface area (Å²) in [5.41, 5.74) is 5.57. The molecule has 2 atom stereocenters. The van der Waals surface area contributed by atoms with Crippen LogP contribution in [0.25, 0.3) is 0 Å². The second kappa shape index (κ2) is 4.57. The number of hydrogen-bond donors (Lipinski definition) is 1. The molecule has 0 bridgehead atoms. The van der Waals surface area contributed by atoms with E-state index in [0.29, 0.717) is 5.92 Å². The van der Waals surface area contributed by atoms with Crippen molar-refractivity contribution < 1.29 is 4.84 Å². The van der Waals surface area contributed by atoms with Gasteiger partial charge in [-0.2, -0.15) is 5.48 Å². The third-order valence-corrected chi connectivity index (χ3v) is 3.07. The summed E-state index contributed by atoms with van der Waals surface area (Å²) in [6, 6.07) is 8.46. The average molecular weight is 218 g/mol. The molecule has 0 amide bonds. The van der Waals surface area contributed by atoms with Crippen molar-refractivity contribution in [2.45, 2.75) is 26.2 Å². The molecule has 0 aromatic heterocycles. The van der Waals surface area contributed by atoms with Crippen LogP contribution >= 0.6 is 0 Å². The van der Waals surface area contributed by atoms with Crippen LogP contribution in [0.4, 0.5) is 0 Å². The van der Waals surface area contributed by atoms with E-state index >= 15 is 0 Å². The molecule has 1 aromatic rings. The zero-order valence-electron chi connectivity index (χ0n) is 10.4. The Labute approximate surface area is 98.1 Å². The van der Waals surface area contributed by atoms with Crippen LogP contribution in [-0.4, -0.2) is 26.0 Å². The van der Waals surface area contributed by atoms with Gasteiger partial charge in [-0.3, -0.25) is 9.74 Å². The molecule has 4 heteroatoms. The number of nitrogens with zero attached hydrogens (tertiary/aromatic N) is 1. The van der Waals surface area contributed by atoms with E-state index in [0.717, 1.165) is 0 Å². The summed E-state index contributed by atoms with van der Waals surface area (Å²) in [4.78, 5) is 7.89. The van der Waals surface area contributed by atoms with Crippen molar-refractivity contribution in [2.24, 2.45) is 5.92 Å². The van der Waals surface area contributed by atoms with Crippen LogP contribution < -0.4 is 10.9 Å². The van der Waals surface area contributed by atoms with E-state index in [1.165, 1.54) is 11.0 Å². The maximum atomic E-state index is 5.66. The molecule has 86 valence electrons. The van der Waals surface area contributed by atoms with Crippen LogP contribution in [0, 0.1) is 5.92 Å². The molecule has 0 radical (unpaired) electrons. The van der Waals surface area contributed by atoms with Gasteiger partial charge in [-0.15, -0.1) is 0 Å². The van der Waals surface area contributed by atoms with Crippen molar-refractivity contribution in [1.82, 2.24) is 10.4 Å². The normalized spacial score (nSPS) is 26.5. The van der Waals surface area contributed by atoms with Crippen LogP contribution in [0.1, 0.15) is 25.6 Å². The van der Waals surface area contributed by atoms with Gasteiger partial charge in [0.15, 0.2) is 6.23 Å². The van der Waals surface area contributed by atoms with E-state index in [2.05, 4.69) is 63.4 Å². The standard InChI is InChI=1S/C12H19BN2O/c1-8(2)11-14-16-12(15(11)3)9-5-4-6-10(13)7-9/h4-8,11-12,14H,13H2,1-3H3. The van der Waals surface area contributed by atoms with E-state index in [1.807, 2.05) is 0 Å². The Kier molecular flexibility index (Phi) is 3.33. The number of hydrogen-bond acceptors (Lipinski definition) is 3. The highest BCUT2D eigenvalue weighted by molar-refractivity contribution is 6.32. The van der Waals surface area contributed by atoms with Crippen molar-refractivity contribution in [3.63, 3.8) is 0 Å². The van der Waals surface area contributed by atoms with Gasteiger partial charge in [0.1, 0.15) is 7.85 Å². The average Bonchev–Trinajstić information content (AvgIpc) is 2.60. The largest absolute Gasteiger partial charge is 0.276 e. The van der Waals surface area contributed by atoms with Crippen LogP contribution in [0.15, 0.2) is 24.3 Å². The lowest BCUT2D eigenvalue weighted by Crippen LogP contribution is -2.37. The molecule has 3 nitrogen and oxygen atoms in total. The van der Waals surface area contributed by atoms with Crippen LogP contribution in [-0.2, 0) is 4.84 Å². The Bertz CT molecular complexity index is 370. The van der Waals surface area contributed by atoms with E-state index in [9.17, 15) is 0 Å². The summed E-state index contributed by atoms with van der Waals surface area (Å²) in [5, 5.41) is 0. The van der Waals surface area contributed by atoms with Gasteiger partial charge in [0, 0.05) is 0 Å². The molecular formula is C12H19BN2O. The van der Waals surface area contributed by atoms with Gasteiger partial charge in [0.05, 0.1) is 6.17 Å². The minimum absolute atomic E-state index is 0.0206. The van der Waals surface area contributed by atoms with Gasteiger partial charge in [0.25, 0.3) is 0 Å². The van der Waals surface area contributed by atoms with Crippen LogP contribution in [0.5, 0.6) is 0 Å². The predicted octanol–water partition coefficient (Wildman–Crippen LogP) is 0.392. The minimum atomic E-state index is 0.0206. The van der Waals surface area contributed by atoms with E-state index in [-0.39, 0.29) is 12.4 Å². The van der Waals surface area contributed by atoms with Crippen molar-refractivity contribution in [1.29, 1.82) is 0 Å². The molecule has 16 heavy (non-hydrogen) atoms. The molecule has 0 aliphatic carbocycles. The number of nitrogens with one attached hydrogen (secondary N) is 1. The van der Waals surface area contributed by atoms with E-state index < -0.39 is 0 Å². The molecule has 1 heterocycles. The molecule has 1 aromatic carbocycles. The van der Waals surface area contributed by atoms with Gasteiger partial charge in [0.2, 0.25) is 0 Å². The van der Waals surface area contributed by atoms with Crippen LogP contribution in [0.3, 0.4) is 0 Å². The Hall–Kier alpha value is -0.835. The van der Waals surface area contributed by atoms with Gasteiger partial charge in [-0.25, -0.2) is 0 Å². The zero-order chi connectivity index (χ0) is 11.7. The summed E-state index contributed by atoms with van der Waals surface area (Å²) < 4.78 is 0. The molecule has 1 fully saturated rings. The third-order valence-electron chi connectivity index (χ3n) is 3.07. The first kappa shape index (κ1) is 11.6. The van der Waals surface area contributed by atoms with Crippen molar-refractivity contribution in [3.8, 4) is 0 Å². The smallest absolute Gasteiger partial charge is 0.158 e. The summed E-state index contributed by atoms with van der Waals surface area (Å²) in [5.74, 6) is 0.528. The zero-order valence-corrected chi connectivity index (χ0v) is 10.4. The van der Waals surface area contributed by atoms with Crippen molar-refractivity contribution in [3.05, 3.63) is 29.8 Å². The minimum Gasteiger partial charge on any atom is -0.276 e. The highest BCUT2D eigenvalue weighted by atomic mass is 16.7. The quantitative estimate of drug-likeness (QED) is 0.727. The number of benzene rings is 1. The Morgan fingerprint density at radius 1 is 1.44 bits per heavy atom. The van der Waals surface area contributed by atoms with E-state index in [4.69, 9.17) is 4.84 Å². The lowest BCUT2D eigenvalue weighted by Gasteiger charge is -2.24. The Morgan fingerprint density at radius 2 is 2.19 bits per heavy atom. The Morgan fingerprint density at radius 3 is 2.75 bits per heavy atom. The maximum absolute atomic E-state index is 5.66. The molecule has 1 aliphatic rings. The molecule has 1 saturated heterocycles. The molecule has 0 saturated carbocycles. The molecule has 1 N–H and O–H groups in total. The topological polar surface area (TPSA) is 24.5 Å². The lowest BCUT2D eigenvalue weighted by atomic mass is 9.94. The van der Waals surface area contributed by atoms with E-state index in [1.54, 1.807) is 0 Å². The first-order chi connectivity index (χ1) is 7.59. The van der Waals surface area contributed by atoms with Gasteiger partial charge in [-0.05, 0) is 18.5 Å². The first-order valence-corrected chi connectivity index (χ1v) is 5.79. The predicted molar refractivity (Wildman–Crippen MR) is 68.0 cm³/mol. The summed E-state index contributed by atoms with van der Waals surface area (Å²) in [6.45, 7) is 4.38. The molecular weight excluding hydrogens is 199 g/mol. The summed E-state index contributed by atoms with van der Waals surface area (Å²) in [6.07, 6.45) is 0.304. The molecule has 1 aliphatic heterocycles. The fourth-order valence-corrected chi connectivity index (χ4v) is 2.18. The summed E-state index contributed by atoms with van der Waals surface area (Å²) in [7, 11) is 4.20. The highest BCUT2D eigenvalue weighted by Crippen LogP contribution is 2.28. The highest BCUT2D eigenvalue weighted by Gasteiger charge is 2.34. The Balaban J connectivity index is 2.18. The fraction of sp³-hybridized carbons (Fsp3) is 0.500. The van der Waals surface area contributed by atoms with Crippen LogP contribution in [0.2, 0.25) is 0 Å². The molecule has 0 spiro atoms. The number of hydroxylamine groups is 1. The van der Waals surface area contributed by atoms with Gasteiger partial charge in [-0.1, -0.05) is 43.6 Å². The van der Waals surface area contributed by atoms with Crippen molar-refractivity contribution >= 4 is 13.3 Å². The lowest BCUT2D eigenvalue weighted by molar-refractivity contribution is -0.00447. The van der Waals surface area contributed by atoms with Crippen molar-refractivity contribution in [2.75, 3.05) is 7.05 Å². The summed E-state index contributed by atoms with van der Waals surface area (Å²) >= 11 is 0. The molecule has 2 rings (SSSR count). The number of rotatable bonds is 2. The van der Waals surface area contributed by atoms with Gasteiger partial charge >= 0.3 is 0 Å². The third kappa shape index (κ3) is 2.14. The molecule has 2 unspecified atom stereocenters. The van der Waals surface area contributed by atoms with Gasteiger partial charge < -0.3 is 0 Å². The monoisotopic (exact) mass is 218 g/mol. The second-order valence-corrected chi connectivity index (χ2v) is 4.86. The fourth-order valence-electron chi connectivity index (χ4n) is 2.18. The second-order valence-electron chi connectivity index (χ2n) is 4.86. The SMILES string of the molecule is Bc1cccc(C2ONC(C(C)C)N2C)c1.